The van der Waals surface area contributed by atoms with Gasteiger partial charge in [0, 0.05) is 16.3 Å². The maximum absolute atomic E-state index is 11.1. The van der Waals surface area contributed by atoms with E-state index in [1.807, 2.05) is 6.92 Å². The molecule has 4 nitrogen and oxygen atoms in total. The number of benzene rings is 2. The molecule has 0 saturated heterocycles. The van der Waals surface area contributed by atoms with Crippen LogP contribution in [0.1, 0.15) is 22.8 Å². The van der Waals surface area contributed by atoms with Crippen molar-refractivity contribution in [2.24, 2.45) is 0 Å². The van der Waals surface area contributed by atoms with Gasteiger partial charge in [0.15, 0.2) is 6.29 Å². The first kappa shape index (κ1) is 12.2. The summed E-state index contributed by atoms with van der Waals surface area (Å²) in [6, 6.07) is 5.03. The number of hydrogen-bond acceptors (Lipinski definition) is 4. The van der Waals surface area contributed by atoms with Gasteiger partial charge in [0.05, 0.1) is 12.2 Å². The molecule has 0 aromatic heterocycles. The van der Waals surface area contributed by atoms with Crippen LogP contribution < -0.4 is 4.74 Å². The van der Waals surface area contributed by atoms with Gasteiger partial charge in [-0.1, -0.05) is 0 Å². The van der Waals surface area contributed by atoms with Crippen LogP contribution in [0.3, 0.4) is 0 Å². The van der Waals surface area contributed by atoms with Gasteiger partial charge in [-0.05, 0) is 32.0 Å². The van der Waals surface area contributed by atoms with E-state index in [-0.39, 0.29) is 17.1 Å². The van der Waals surface area contributed by atoms with Crippen LogP contribution in [0.15, 0.2) is 18.2 Å². The summed E-state index contributed by atoms with van der Waals surface area (Å²) < 4.78 is 5.34. The molecule has 0 aliphatic rings. The summed E-state index contributed by atoms with van der Waals surface area (Å²) in [5, 5.41) is 20.8. The molecule has 0 amide bonds. The van der Waals surface area contributed by atoms with E-state index in [2.05, 4.69) is 0 Å². The van der Waals surface area contributed by atoms with E-state index >= 15 is 0 Å². The average Bonchev–Trinajstić information content (AvgIpc) is 2.37. The van der Waals surface area contributed by atoms with Gasteiger partial charge in [-0.15, -0.1) is 0 Å². The molecule has 0 radical (unpaired) electrons. The Bertz CT molecular complexity index is 617. The number of phenolic OH excluding ortho intramolecular Hbond substituents is 2. The SMILES string of the molecule is CCOc1ccc2c(O)c(C)c(O)c(C=O)c2c1. The van der Waals surface area contributed by atoms with Crippen molar-refractivity contribution in [2.75, 3.05) is 6.61 Å². The first-order chi connectivity index (χ1) is 8.60. The molecule has 0 heterocycles. The molecular weight excluding hydrogens is 232 g/mol. The van der Waals surface area contributed by atoms with E-state index in [9.17, 15) is 15.0 Å². The zero-order valence-electron chi connectivity index (χ0n) is 10.2. The minimum absolute atomic E-state index is 0.0175. The first-order valence-electron chi connectivity index (χ1n) is 5.66. The Hall–Kier alpha value is -2.23. The highest BCUT2D eigenvalue weighted by Gasteiger charge is 2.15. The fourth-order valence-corrected chi connectivity index (χ4v) is 1.97. The largest absolute Gasteiger partial charge is 0.507 e. The number of ether oxygens (including phenoxy) is 1. The quantitative estimate of drug-likeness (QED) is 0.817. The van der Waals surface area contributed by atoms with E-state index in [1.54, 1.807) is 25.1 Å². The van der Waals surface area contributed by atoms with E-state index in [4.69, 9.17) is 4.74 Å². The third-order valence-electron chi connectivity index (χ3n) is 2.93. The Labute approximate surface area is 104 Å². The maximum Gasteiger partial charge on any atom is 0.154 e. The highest BCUT2D eigenvalue weighted by Crippen LogP contribution is 2.39. The molecule has 0 bridgehead atoms. The molecule has 2 N–H and O–H groups in total. The van der Waals surface area contributed by atoms with E-state index in [1.165, 1.54) is 0 Å². The minimum atomic E-state index is -0.191. The van der Waals surface area contributed by atoms with Gasteiger partial charge >= 0.3 is 0 Å². The van der Waals surface area contributed by atoms with Crippen LogP contribution in [0.25, 0.3) is 10.8 Å². The van der Waals surface area contributed by atoms with Gasteiger partial charge in [0.25, 0.3) is 0 Å². The molecule has 0 atom stereocenters. The highest BCUT2D eigenvalue weighted by molar-refractivity contribution is 6.05. The zero-order valence-corrected chi connectivity index (χ0v) is 10.2. The Balaban J connectivity index is 2.83. The fraction of sp³-hybridized carbons (Fsp3) is 0.214. The van der Waals surface area contributed by atoms with E-state index in [0.717, 1.165) is 0 Å². The molecule has 18 heavy (non-hydrogen) atoms. The average molecular weight is 246 g/mol. The standard InChI is InChI=1S/C14H14O4/c1-3-18-9-4-5-10-11(6-9)12(7-15)14(17)8(2)13(10)16/h4-7,16-17H,3H2,1-2H3. The van der Waals surface area contributed by atoms with Crippen molar-refractivity contribution in [2.45, 2.75) is 13.8 Å². The van der Waals surface area contributed by atoms with Gasteiger partial charge in [-0.25, -0.2) is 0 Å². The van der Waals surface area contributed by atoms with Gasteiger partial charge in [-0.3, -0.25) is 4.79 Å². The van der Waals surface area contributed by atoms with Crippen molar-refractivity contribution in [1.29, 1.82) is 0 Å². The van der Waals surface area contributed by atoms with Gasteiger partial charge in [-0.2, -0.15) is 0 Å². The lowest BCUT2D eigenvalue weighted by Gasteiger charge is -2.12. The van der Waals surface area contributed by atoms with Crippen LogP contribution in [-0.4, -0.2) is 23.1 Å². The summed E-state index contributed by atoms with van der Waals surface area (Å²) >= 11 is 0. The van der Waals surface area contributed by atoms with Gasteiger partial charge in [0.1, 0.15) is 17.2 Å². The number of aldehydes is 1. The molecule has 0 aliphatic carbocycles. The monoisotopic (exact) mass is 246 g/mol. The van der Waals surface area contributed by atoms with Crippen molar-refractivity contribution in [1.82, 2.24) is 0 Å². The lowest BCUT2D eigenvalue weighted by Crippen LogP contribution is -1.94. The van der Waals surface area contributed by atoms with Crippen molar-refractivity contribution in [3.63, 3.8) is 0 Å². The second-order valence-electron chi connectivity index (χ2n) is 3.99. The van der Waals surface area contributed by atoms with Crippen LogP contribution in [0.5, 0.6) is 17.2 Å². The Morgan fingerprint density at radius 2 is 1.94 bits per heavy atom. The predicted molar refractivity (Wildman–Crippen MR) is 68.6 cm³/mol. The lowest BCUT2D eigenvalue weighted by atomic mass is 9.99. The summed E-state index contributed by atoms with van der Waals surface area (Å²) in [5.74, 6) is 0.385. The Kier molecular flexibility index (Phi) is 3.10. The summed E-state index contributed by atoms with van der Waals surface area (Å²) in [6.07, 6.45) is 0.583. The van der Waals surface area contributed by atoms with Crippen LogP contribution in [0.4, 0.5) is 0 Å². The van der Waals surface area contributed by atoms with Gasteiger partial charge < -0.3 is 14.9 Å². The van der Waals surface area contributed by atoms with Crippen LogP contribution in [0.2, 0.25) is 0 Å². The molecular formula is C14H14O4. The van der Waals surface area contributed by atoms with E-state index < -0.39 is 0 Å². The Morgan fingerprint density at radius 1 is 1.22 bits per heavy atom. The second kappa shape index (κ2) is 4.56. The minimum Gasteiger partial charge on any atom is -0.507 e. The lowest BCUT2D eigenvalue weighted by molar-refractivity contribution is 0.112. The Morgan fingerprint density at radius 3 is 2.56 bits per heavy atom. The smallest absolute Gasteiger partial charge is 0.154 e. The number of hydrogen-bond donors (Lipinski definition) is 2. The summed E-state index contributed by atoms with van der Waals surface area (Å²) in [6.45, 7) is 3.92. The molecule has 0 spiro atoms. The van der Waals surface area contributed by atoms with Crippen molar-refractivity contribution >= 4 is 17.1 Å². The molecule has 0 unspecified atom stereocenters. The predicted octanol–water partition coefficient (Wildman–Crippen LogP) is 2.77. The van der Waals surface area contributed by atoms with Crippen LogP contribution in [0, 0.1) is 6.92 Å². The molecule has 2 aromatic rings. The van der Waals surface area contributed by atoms with Crippen molar-refractivity contribution in [3.05, 3.63) is 29.3 Å². The third-order valence-corrected chi connectivity index (χ3v) is 2.93. The molecule has 0 aliphatic heterocycles. The molecule has 0 fully saturated rings. The molecule has 0 saturated carbocycles. The topological polar surface area (TPSA) is 66.8 Å². The number of fused-ring (bicyclic) bond motifs is 1. The zero-order chi connectivity index (χ0) is 13.3. The molecule has 4 heteroatoms. The normalized spacial score (nSPS) is 10.6. The summed E-state index contributed by atoms with van der Waals surface area (Å²) in [4.78, 5) is 11.1. The summed E-state index contributed by atoms with van der Waals surface area (Å²) in [7, 11) is 0. The summed E-state index contributed by atoms with van der Waals surface area (Å²) in [5.41, 5.74) is 0.468. The maximum atomic E-state index is 11.1. The number of carbonyl (C=O) groups is 1. The molecule has 2 aromatic carbocycles. The van der Waals surface area contributed by atoms with Gasteiger partial charge in [0.2, 0.25) is 0 Å². The number of phenols is 2. The van der Waals surface area contributed by atoms with E-state index in [0.29, 0.717) is 35.0 Å². The highest BCUT2D eigenvalue weighted by atomic mass is 16.5. The fourth-order valence-electron chi connectivity index (χ4n) is 1.97. The molecule has 94 valence electrons. The second-order valence-corrected chi connectivity index (χ2v) is 3.99. The third kappa shape index (κ3) is 1.76. The number of rotatable bonds is 3. The molecule has 2 rings (SSSR count). The number of carbonyl (C=O) groups excluding carboxylic acids is 1. The number of aromatic hydroxyl groups is 2. The first-order valence-corrected chi connectivity index (χ1v) is 5.66. The van der Waals surface area contributed by atoms with Crippen LogP contribution >= 0.6 is 0 Å². The van der Waals surface area contributed by atoms with Crippen molar-refractivity contribution < 1.29 is 19.7 Å². The van der Waals surface area contributed by atoms with Crippen molar-refractivity contribution in [3.8, 4) is 17.2 Å². The van der Waals surface area contributed by atoms with Crippen LogP contribution in [-0.2, 0) is 0 Å².